The molecule has 0 spiro atoms. The molecule has 0 fully saturated rings. The van der Waals surface area contributed by atoms with E-state index in [9.17, 15) is 5.11 Å². The fraction of sp³-hybridized carbons (Fsp3) is 0.500. The summed E-state index contributed by atoms with van der Waals surface area (Å²) in [6, 6.07) is 0. The Kier molecular flexibility index (Phi) is 5.06. The molecule has 1 heterocycles. The van der Waals surface area contributed by atoms with E-state index < -0.39 is 0 Å². The summed E-state index contributed by atoms with van der Waals surface area (Å²) in [5.74, 6) is 0.529. The van der Waals surface area contributed by atoms with Crippen molar-refractivity contribution in [1.82, 2.24) is 4.98 Å². The first-order valence-electron chi connectivity index (χ1n) is 5.49. The van der Waals surface area contributed by atoms with E-state index in [1.165, 1.54) is 0 Å². The molecule has 17 heavy (non-hydrogen) atoms. The molecule has 0 atom stereocenters. The Labute approximate surface area is 101 Å². The second-order valence-electron chi connectivity index (χ2n) is 4.29. The lowest BCUT2D eigenvalue weighted by Crippen LogP contribution is -2.01. The minimum absolute atomic E-state index is 0.0239. The second-order valence-corrected chi connectivity index (χ2v) is 4.29. The van der Waals surface area contributed by atoms with Gasteiger partial charge in [-0.3, -0.25) is 15.2 Å². The Morgan fingerprint density at radius 1 is 1.53 bits per heavy atom. The Balaban J connectivity index is 3.01. The van der Waals surface area contributed by atoms with Crippen LogP contribution in [0.15, 0.2) is 11.2 Å². The lowest BCUT2D eigenvalue weighted by atomic mass is 10.1. The van der Waals surface area contributed by atoms with Gasteiger partial charge in [-0.15, -0.1) is 0 Å². The summed E-state index contributed by atoms with van der Waals surface area (Å²) in [4.78, 5) is 12.3. The zero-order valence-corrected chi connectivity index (χ0v) is 10.3. The van der Waals surface area contributed by atoms with Gasteiger partial charge in [0, 0.05) is 30.1 Å². The number of aliphatic imine (C=N–C) groups is 1. The number of aromatic nitrogens is 1. The van der Waals surface area contributed by atoms with Crippen LogP contribution in [0.1, 0.15) is 30.7 Å². The van der Waals surface area contributed by atoms with Gasteiger partial charge in [-0.05, 0) is 12.8 Å². The van der Waals surface area contributed by atoms with Crippen LogP contribution in [0, 0.1) is 12.8 Å². The van der Waals surface area contributed by atoms with E-state index in [1.807, 2.05) is 0 Å². The lowest BCUT2D eigenvalue weighted by Gasteiger charge is -2.08. The predicted molar refractivity (Wildman–Crippen MR) is 65.4 cm³/mol. The largest absolute Gasteiger partial charge is 0.505 e. The third-order valence-corrected chi connectivity index (χ3v) is 2.27. The fourth-order valence-electron chi connectivity index (χ4n) is 1.34. The van der Waals surface area contributed by atoms with Crippen molar-refractivity contribution >= 4 is 6.21 Å². The van der Waals surface area contributed by atoms with E-state index in [-0.39, 0.29) is 12.4 Å². The maximum Gasteiger partial charge on any atom is 0.145 e. The molecule has 94 valence electrons. The summed E-state index contributed by atoms with van der Waals surface area (Å²) in [6.45, 7) is 6.49. The first kappa shape index (κ1) is 13.6. The van der Waals surface area contributed by atoms with Crippen LogP contribution in [-0.2, 0) is 11.5 Å². The van der Waals surface area contributed by atoms with Crippen LogP contribution >= 0.6 is 0 Å². The number of aromatic hydroxyl groups is 1. The molecule has 1 aromatic rings. The van der Waals surface area contributed by atoms with Gasteiger partial charge in [0.2, 0.25) is 0 Å². The van der Waals surface area contributed by atoms with Crippen molar-refractivity contribution < 1.29 is 15.3 Å². The Hall–Kier alpha value is -1.46. The smallest absolute Gasteiger partial charge is 0.145 e. The number of nitrogens with zero attached hydrogens (tertiary/aromatic N) is 2. The molecule has 0 amide bonds. The molecular formula is C12H18N2O3. The summed E-state index contributed by atoms with van der Waals surface area (Å²) < 4.78 is 0. The molecular weight excluding hydrogens is 220 g/mol. The van der Waals surface area contributed by atoms with Crippen molar-refractivity contribution in [1.29, 1.82) is 0 Å². The summed E-state index contributed by atoms with van der Waals surface area (Å²) in [6.07, 6.45) is 3.15. The Morgan fingerprint density at radius 2 is 2.24 bits per heavy atom. The van der Waals surface area contributed by atoms with Crippen molar-refractivity contribution in [3.63, 3.8) is 0 Å². The van der Waals surface area contributed by atoms with Crippen molar-refractivity contribution in [2.75, 3.05) is 6.54 Å². The highest BCUT2D eigenvalue weighted by Gasteiger charge is 2.10. The summed E-state index contributed by atoms with van der Waals surface area (Å²) in [7, 11) is 0. The van der Waals surface area contributed by atoms with Gasteiger partial charge in [0.15, 0.2) is 0 Å². The van der Waals surface area contributed by atoms with Gasteiger partial charge < -0.3 is 5.11 Å². The van der Waals surface area contributed by atoms with Gasteiger partial charge >= 0.3 is 0 Å². The van der Waals surface area contributed by atoms with Crippen molar-refractivity contribution in [3.05, 3.63) is 23.0 Å². The number of rotatable bonds is 5. The zero-order valence-electron chi connectivity index (χ0n) is 10.3. The number of hydrogen-bond donors (Lipinski definition) is 2. The van der Waals surface area contributed by atoms with Crippen LogP contribution in [0.4, 0.5) is 0 Å². The van der Waals surface area contributed by atoms with Crippen molar-refractivity contribution in [3.8, 4) is 5.75 Å². The number of aryl methyl sites for hydroxylation is 1. The molecule has 0 aliphatic heterocycles. The van der Waals surface area contributed by atoms with E-state index in [2.05, 4.69) is 28.7 Å². The van der Waals surface area contributed by atoms with Crippen LogP contribution in [0.25, 0.3) is 0 Å². The average Bonchev–Trinajstić information content (AvgIpc) is 2.27. The molecule has 1 rings (SSSR count). The monoisotopic (exact) mass is 238 g/mol. The molecule has 0 radical (unpaired) electrons. The predicted octanol–water partition coefficient (Wildman–Crippen LogP) is 2.16. The topological polar surface area (TPSA) is 74.9 Å². The standard InChI is InChI=1S/C12H18N2O3/c1-8(2)4-13-6-11-10(7-17-16)5-14-9(3)12(11)15/h5-6,8,15-16H,4,7H2,1-3H3. The maximum absolute atomic E-state index is 9.88. The van der Waals surface area contributed by atoms with Crippen LogP contribution < -0.4 is 0 Å². The highest BCUT2D eigenvalue weighted by atomic mass is 17.1. The SMILES string of the molecule is Cc1ncc(COO)c(C=NCC(C)C)c1O. The van der Waals surface area contributed by atoms with Crippen molar-refractivity contribution in [2.45, 2.75) is 27.4 Å². The third kappa shape index (κ3) is 3.80. The molecule has 1 aromatic heterocycles. The van der Waals surface area contributed by atoms with E-state index >= 15 is 0 Å². The second kappa shape index (κ2) is 6.32. The molecule has 2 N–H and O–H groups in total. The van der Waals surface area contributed by atoms with E-state index in [0.29, 0.717) is 29.3 Å². The van der Waals surface area contributed by atoms with Gasteiger partial charge in [-0.2, -0.15) is 0 Å². The molecule has 0 unspecified atom stereocenters. The fourth-order valence-corrected chi connectivity index (χ4v) is 1.34. The quantitative estimate of drug-likeness (QED) is 0.468. The Morgan fingerprint density at radius 3 is 2.82 bits per heavy atom. The highest BCUT2D eigenvalue weighted by Crippen LogP contribution is 2.22. The van der Waals surface area contributed by atoms with E-state index in [4.69, 9.17) is 5.26 Å². The number of hydrogen-bond acceptors (Lipinski definition) is 5. The molecule has 0 aliphatic rings. The molecule has 0 saturated heterocycles. The number of pyridine rings is 1. The van der Waals surface area contributed by atoms with Crippen LogP contribution in [0.3, 0.4) is 0 Å². The summed E-state index contributed by atoms with van der Waals surface area (Å²) in [5, 5.41) is 18.3. The van der Waals surface area contributed by atoms with Gasteiger partial charge in [-0.1, -0.05) is 13.8 Å². The normalized spacial score (nSPS) is 11.6. The maximum atomic E-state index is 9.88. The van der Waals surface area contributed by atoms with E-state index in [1.54, 1.807) is 19.3 Å². The van der Waals surface area contributed by atoms with Gasteiger partial charge in [-0.25, -0.2) is 4.89 Å². The molecule has 0 bridgehead atoms. The molecule has 0 saturated carbocycles. The summed E-state index contributed by atoms with van der Waals surface area (Å²) in [5.41, 5.74) is 1.67. The lowest BCUT2D eigenvalue weighted by molar-refractivity contribution is -0.253. The van der Waals surface area contributed by atoms with Crippen molar-refractivity contribution in [2.24, 2.45) is 10.9 Å². The minimum atomic E-state index is -0.0239. The van der Waals surface area contributed by atoms with Gasteiger partial charge in [0.25, 0.3) is 0 Å². The first-order chi connectivity index (χ1) is 8.06. The van der Waals surface area contributed by atoms with Gasteiger partial charge in [0.05, 0.1) is 5.69 Å². The first-order valence-corrected chi connectivity index (χ1v) is 5.49. The zero-order chi connectivity index (χ0) is 12.8. The molecule has 0 aromatic carbocycles. The van der Waals surface area contributed by atoms with Crippen LogP contribution in [0.5, 0.6) is 5.75 Å². The summed E-state index contributed by atoms with van der Waals surface area (Å²) >= 11 is 0. The Bertz CT molecular complexity index is 403. The van der Waals surface area contributed by atoms with Gasteiger partial charge in [0.1, 0.15) is 12.4 Å². The third-order valence-electron chi connectivity index (χ3n) is 2.27. The molecule has 5 nitrogen and oxygen atoms in total. The molecule has 5 heteroatoms. The average molecular weight is 238 g/mol. The van der Waals surface area contributed by atoms with Crippen LogP contribution in [-0.4, -0.2) is 28.1 Å². The van der Waals surface area contributed by atoms with Crippen LogP contribution in [0.2, 0.25) is 0 Å². The minimum Gasteiger partial charge on any atom is -0.505 e. The highest BCUT2D eigenvalue weighted by molar-refractivity contribution is 5.85. The molecule has 0 aliphatic carbocycles. The van der Waals surface area contributed by atoms with E-state index in [0.717, 1.165) is 0 Å².